The minimum atomic E-state index is -3.70. The molecule has 4 fully saturated rings. The highest BCUT2D eigenvalue weighted by Gasteiger charge is 2.48. The van der Waals surface area contributed by atoms with Crippen molar-refractivity contribution in [3.05, 3.63) is 0 Å². The van der Waals surface area contributed by atoms with Crippen LogP contribution in [0.25, 0.3) is 0 Å². The third-order valence-corrected chi connectivity index (χ3v) is 12.2. The Bertz CT molecular complexity index is 823. The van der Waals surface area contributed by atoms with Gasteiger partial charge in [0.15, 0.2) is 0 Å². The number of rotatable bonds is 13. The van der Waals surface area contributed by atoms with Crippen molar-refractivity contribution < 1.29 is 37.1 Å². The van der Waals surface area contributed by atoms with Crippen molar-refractivity contribution in [2.24, 2.45) is 17.8 Å². The molecule has 0 spiro atoms. The van der Waals surface area contributed by atoms with Gasteiger partial charge in [-0.25, -0.2) is 4.57 Å². The third-order valence-electron chi connectivity index (χ3n) is 9.89. The molecule has 0 amide bonds. The van der Waals surface area contributed by atoms with E-state index in [4.69, 9.17) is 27.8 Å². The smallest absolute Gasteiger partial charge is 0.386 e. The SMILES string of the molecule is C[C@@H]1[C@@H](COP(=O)(S)O[C@H]2C[C@H](OC3CCCCCCC3)C[C@@H]2COPS)OC(C2CCCCCCCC2)[C@@H]1OC=O. The van der Waals surface area contributed by atoms with Gasteiger partial charge < -0.3 is 18.7 Å². The molecule has 0 bridgehead atoms. The molecule has 8 nitrogen and oxygen atoms in total. The molecule has 3 saturated carbocycles. The maximum atomic E-state index is 13.5. The second-order valence-electron chi connectivity index (χ2n) is 12.9. The van der Waals surface area contributed by atoms with Gasteiger partial charge in [0.1, 0.15) is 6.10 Å². The summed E-state index contributed by atoms with van der Waals surface area (Å²) in [5.41, 5.74) is 0. The monoisotopic (exact) mass is 668 g/mol. The first-order valence-corrected chi connectivity index (χ1v) is 21.4. The van der Waals surface area contributed by atoms with Gasteiger partial charge in [-0.2, -0.15) is 0 Å². The van der Waals surface area contributed by atoms with Crippen molar-refractivity contribution in [3.8, 4) is 0 Å². The van der Waals surface area contributed by atoms with E-state index < -0.39 is 6.80 Å². The van der Waals surface area contributed by atoms with E-state index in [1.807, 2.05) is 6.92 Å². The fourth-order valence-corrected chi connectivity index (χ4v) is 9.61. The van der Waals surface area contributed by atoms with Gasteiger partial charge in [-0.3, -0.25) is 13.8 Å². The molecule has 1 saturated heterocycles. The summed E-state index contributed by atoms with van der Waals surface area (Å²) in [6, 6.07) is 0. The van der Waals surface area contributed by atoms with E-state index in [2.05, 4.69) is 24.5 Å². The molecule has 9 atom stereocenters. The maximum absolute atomic E-state index is 13.5. The zero-order valence-corrected chi connectivity index (χ0v) is 29.0. The highest BCUT2D eigenvalue weighted by Crippen LogP contribution is 2.57. The normalized spacial score (nSPS) is 36.1. The number of ether oxygens (including phenoxy) is 3. The molecule has 42 heavy (non-hydrogen) atoms. The second kappa shape index (κ2) is 18.7. The van der Waals surface area contributed by atoms with Crippen molar-refractivity contribution in [2.45, 2.75) is 153 Å². The first-order chi connectivity index (χ1) is 20.4. The first-order valence-electron chi connectivity index (χ1n) is 16.5. The summed E-state index contributed by atoms with van der Waals surface area (Å²) in [6.07, 6.45) is 18.6. The highest BCUT2D eigenvalue weighted by molar-refractivity contribution is 8.44. The van der Waals surface area contributed by atoms with Crippen molar-refractivity contribution in [1.82, 2.24) is 0 Å². The fraction of sp³-hybridized carbons (Fsp3) is 0.967. The quantitative estimate of drug-likeness (QED) is 0.115. The van der Waals surface area contributed by atoms with Crippen LogP contribution < -0.4 is 0 Å². The summed E-state index contributed by atoms with van der Waals surface area (Å²) < 4.78 is 49.8. The van der Waals surface area contributed by atoms with Crippen LogP contribution in [0.15, 0.2) is 0 Å². The second-order valence-corrected chi connectivity index (χ2v) is 16.8. The lowest BCUT2D eigenvalue weighted by Crippen LogP contribution is -2.35. The zero-order valence-electron chi connectivity index (χ0n) is 25.3. The Morgan fingerprint density at radius 1 is 0.881 bits per heavy atom. The Morgan fingerprint density at radius 3 is 2.12 bits per heavy atom. The molecule has 3 aliphatic carbocycles. The van der Waals surface area contributed by atoms with E-state index in [0.717, 1.165) is 32.1 Å². The topological polar surface area (TPSA) is 89.5 Å². The summed E-state index contributed by atoms with van der Waals surface area (Å²) in [5, 5.41) is 0. The molecular formula is C30H54O8P2S2. The Hall–Kier alpha value is 0.630. The van der Waals surface area contributed by atoms with Gasteiger partial charge in [-0.05, 0) is 38.0 Å². The van der Waals surface area contributed by atoms with Crippen LogP contribution in [0.3, 0.4) is 0 Å². The molecule has 0 aromatic carbocycles. The lowest BCUT2D eigenvalue weighted by molar-refractivity contribution is -0.139. The van der Waals surface area contributed by atoms with Crippen molar-refractivity contribution in [1.29, 1.82) is 0 Å². The largest absolute Gasteiger partial charge is 0.461 e. The summed E-state index contributed by atoms with van der Waals surface area (Å²) in [5.74, 6) is 0.278. The van der Waals surface area contributed by atoms with Gasteiger partial charge >= 0.3 is 6.80 Å². The fourth-order valence-electron chi connectivity index (χ4n) is 7.54. The minimum absolute atomic E-state index is 0.0343. The van der Waals surface area contributed by atoms with Gasteiger partial charge in [0.25, 0.3) is 6.47 Å². The van der Waals surface area contributed by atoms with Crippen molar-refractivity contribution >= 4 is 45.8 Å². The molecule has 0 aromatic heterocycles. The Labute approximate surface area is 265 Å². The number of carbonyl (C=O) groups is 1. The van der Waals surface area contributed by atoms with Crippen LogP contribution in [0.1, 0.15) is 116 Å². The van der Waals surface area contributed by atoms with Crippen LogP contribution in [0.5, 0.6) is 0 Å². The van der Waals surface area contributed by atoms with Crippen LogP contribution in [0, 0.1) is 17.8 Å². The molecule has 3 unspecified atom stereocenters. The van der Waals surface area contributed by atoms with Gasteiger partial charge in [-0.1, -0.05) is 89.8 Å². The van der Waals surface area contributed by atoms with E-state index in [1.165, 1.54) is 70.6 Å². The molecule has 1 heterocycles. The standard InChI is InChI=1S/C30H54O8P2S2/c1-22-28(37-30(29(22)33-21-31)23-13-9-5-2-3-6-10-14-23)20-35-40(32,42)38-27-18-26(17-24(27)19-34-39-41)36-25-15-11-7-4-8-12-16-25/h21-30,39,41H,2-20H2,1H3,(H,32,42)/t22-,24-,26-,27+,28-,29-,30?,40?/m1/s1. The van der Waals surface area contributed by atoms with Crippen LogP contribution in [-0.4, -0.2) is 56.3 Å². The Morgan fingerprint density at radius 2 is 1.50 bits per heavy atom. The van der Waals surface area contributed by atoms with E-state index >= 15 is 0 Å². The zero-order chi connectivity index (χ0) is 29.8. The summed E-state index contributed by atoms with van der Waals surface area (Å²) in [6.45, 7) is -0.612. The third kappa shape index (κ3) is 11.2. The van der Waals surface area contributed by atoms with Crippen LogP contribution in [0.2, 0.25) is 0 Å². The van der Waals surface area contributed by atoms with Crippen LogP contribution in [0.4, 0.5) is 0 Å². The van der Waals surface area contributed by atoms with Gasteiger partial charge in [-0.15, -0.1) is 12.2 Å². The summed E-state index contributed by atoms with van der Waals surface area (Å²) >= 11 is 8.61. The Kier molecular flexibility index (Phi) is 15.8. The number of hydrogen-bond acceptors (Lipinski definition) is 9. The average molecular weight is 669 g/mol. The average Bonchev–Trinajstić information content (AvgIpc) is 3.50. The molecule has 1 aliphatic heterocycles. The molecule has 4 aliphatic rings. The predicted molar refractivity (Wildman–Crippen MR) is 174 cm³/mol. The lowest BCUT2D eigenvalue weighted by atomic mass is 9.86. The minimum Gasteiger partial charge on any atom is -0.461 e. The van der Waals surface area contributed by atoms with Crippen molar-refractivity contribution in [2.75, 3.05) is 13.2 Å². The summed E-state index contributed by atoms with van der Waals surface area (Å²) in [7, 11) is 0.0791. The highest BCUT2D eigenvalue weighted by atomic mass is 32.7. The van der Waals surface area contributed by atoms with Crippen LogP contribution in [-0.2, 0) is 37.1 Å². The molecule has 12 heteroatoms. The Balaban J connectivity index is 1.32. The van der Waals surface area contributed by atoms with Gasteiger partial charge in [0, 0.05) is 18.3 Å². The lowest BCUT2D eigenvalue weighted by Gasteiger charge is -2.27. The number of hydrogen-bond donors (Lipinski definition) is 2. The van der Waals surface area contributed by atoms with Gasteiger partial charge in [0.2, 0.25) is 0 Å². The van der Waals surface area contributed by atoms with Crippen molar-refractivity contribution in [3.63, 3.8) is 0 Å². The molecule has 0 aromatic rings. The van der Waals surface area contributed by atoms with E-state index in [0.29, 0.717) is 25.4 Å². The first kappa shape index (κ1) is 35.5. The summed E-state index contributed by atoms with van der Waals surface area (Å²) in [4.78, 5) is 11.4. The van der Waals surface area contributed by atoms with E-state index in [9.17, 15) is 9.36 Å². The molecule has 0 radical (unpaired) electrons. The van der Waals surface area contributed by atoms with E-state index in [1.54, 1.807) is 0 Å². The van der Waals surface area contributed by atoms with Crippen LogP contribution >= 0.6 is 39.3 Å². The molecule has 244 valence electrons. The number of carbonyl (C=O) groups excluding carboxylic acids is 1. The molecular weight excluding hydrogens is 614 g/mol. The maximum Gasteiger partial charge on any atom is 0.386 e. The predicted octanol–water partition coefficient (Wildman–Crippen LogP) is 8.48. The van der Waals surface area contributed by atoms with Gasteiger partial charge in [0.05, 0.1) is 51.7 Å². The molecule has 0 N–H and O–H groups in total. The molecule has 4 rings (SSSR count). The van der Waals surface area contributed by atoms with E-state index in [-0.39, 0.29) is 63.1 Å². The number of thiol groups is 2.